The van der Waals surface area contributed by atoms with E-state index in [1.807, 2.05) is 0 Å². The summed E-state index contributed by atoms with van der Waals surface area (Å²) in [6.07, 6.45) is 0.456. The molecule has 0 saturated heterocycles. The molecule has 0 aromatic heterocycles. The molecule has 1 rings (SSSR count). The lowest BCUT2D eigenvalue weighted by Gasteiger charge is -2.27. The van der Waals surface area contributed by atoms with Gasteiger partial charge in [-0.3, -0.25) is 4.90 Å². The fraction of sp³-hybridized carbons (Fsp3) is 0.429. The Kier molecular flexibility index (Phi) is 4.92. The number of nitrogens with zero attached hydrogens (tertiary/aromatic N) is 1. The molecular weight excluding hydrogens is 246 g/mol. The number of benzene rings is 1. The van der Waals surface area contributed by atoms with Gasteiger partial charge in [0.1, 0.15) is 17.6 Å². The molecule has 5 nitrogen and oxygen atoms in total. The Morgan fingerprint density at radius 3 is 2.37 bits per heavy atom. The van der Waals surface area contributed by atoms with E-state index < -0.39 is 11.7 Å². The number of carbonyl (C=O) groups is 2. The number of hydrogen-bond donors (Lipinski definition) is 1. The number of rotatable bonds is 4. The molecule has 0 heterocycles. The summed E-state index contributed by atoms with van der Waals surface area (Å²) in [7, 11) is 0. The van der Waals surface area contributed by atoms with Gasteiger partial charge in [-0.05, 0) is 45.0 Å². The van der Waals surface area contributed by atoms with Crippen LogP contribution < -0.4 is 4.90 Å². The first-order chi connectivity index (χ1) is 8.83. The topological polar surface area (TPSA) is 66.8 Å². The van der Waals surface area contributed by atoms with Gasteiger partial charge in [-0.15, -0.1) is 0 Å². The predicted molar refractivity (Wildman–Crippen MR) is 72.4 cm³/mol. The number of anilines is 1. The van der Waals surface area contributed by atoms with Crippen LogP contribution in [0.25, 0.3) is 0 Å². The van der Waals surface area contributed by atoms with E-state index >= 15 is 0 Å². The van der Waals surface area contributed by atoms with Crippen LogP contribution in [0.1, 0.15) is 27.2 Å². The zero-order chi connectivity index (χ0) is 14.5. The Balaban J connectivity index is 2.90. The van der Waals surface area contributed by atoms with Crippen LogP contribution >= 0.6 is 0 Å². The van der Waals surface area contributed by atoms with E-state index in [-0.39, 0.29) is 18.7 Å². The van der Waals surface area contributed by atoms with Crippen LogP contribution in [0, 0.1) is 0 Å². The molecule has 19 heavy (non-hydrogen) atoms. The molecule has 104 valence electrons. The lowest BCUT2D eigenvalue weighted by atomic mass is 10.2. The van der Waals surface area contributed by atoms with Crippen molar-refractivity contribution in [3.05, 3.63) is 24.3 Å². The lowest BCUT2D eigenvalue weighted by Crippen LogP contribution is -2.37. The molecule has 1 amide bonds. The molecule has 0 aliphatic rings. The molecule has 1 aromatic rings. The molecule has 0 unspecified atom stereocenters. The lowest BCUT2D eigenvalue weighted by molar-refractivity contribution is -0.107. The van der Waals surface area contributed by atoms with Crippen molar-refractivity contribution >= 4 is 18.1 Å². The van der Waals surface area contributed by atoms with Gasteiger partial charge in [0.05, 0.1) is 0 Å². The van der Waals surface area contributed by atoms with Crippen molar-refractivity contribution in [3.63, 3.8) is 0 Å². The van der Waals surface area contributed by atoms with Gasteiger partial charge in [0.25, 0.3) is 0 Å². The van der Waals surface area contributed by atoms with Crippen LogP contribution in [0.4, 0.5) is 10.5 Å². The monoisotopic (exact) mass is 265 g/mol. The molecule has 0 saturated carbocycles. The molecule has 0 atom stereocenters. The van der Waals surface area contributed by atoms with Crippen molar-refractivity contribution in [2.75, 3.05) is 11.4 Å². The third-order valence-electron chi connectivity index (χ3n) is 2.25. The minimum absolute atomic E-state index is 0.114. The third kappa shape index (κ3) is 4.99. The van der Waals surface area contributed by atoms with E-state index in [1.54, 1.807) is 32.9 Å². The summed E-state index contributed by atoms with van der Waals surface area (Å²) in [5.74, 6) is 0.114. The highest BCUT2D eigenvalue weighted by Crippen LogP contribution is 2.21. The van der Waals surface area contributed by atoms with Gasteiger partial charge in [-0.1, -0.05) is 0 Å². The first-order valence-electron chi connectivity index (χ1n) is 6.06. The molecule has 0 spiro atoms. The zero-order valence-corrected chi connectivity index (χ0v) is 11.4. The SMILES string of the molecule is CC(C)(C)OC(=O)N(CCC=O)c1ccc(O)cc1. The summed E-state index contributed by atoms with van der Waals surface area (Å²) in [5.41, 5.74) is -0.0261. The van der Waals surface area contributed by atoms with Gasteiger partial charge in [0.2, 0.25) is 0 Å². The maximum absolute atomic E-state index is 12.1. The Labute approximate surface area is 112 Å². The van der Waals surface area contributed by atoms with Gasteiger partial charge >= 0.3 is 6.09 Å². The number of ether oxygens (including phenoxy) is 1. The van der Waals surface area contributed by atoms with E-state index in [4.69, 9.17) is 4.74 Å². The third-order valence-corrected chi connectivity index (χ3v) is 2.25. The number of hydrogen-bond acceptors (Lipinski definition) is 4. The second-order valence-corrected chi connectivity index (χ2v) is 5.10. The van der Waals surface area contributed by atoms with Crippen LogP contribution in [-0.4, -0.2) is 29.6 Å². The summed E-state index contributed by atoms with van der Waals surface area (Å²) in [4.78, 5) is 23.9. The summed E-state index contributed by atoms with van der Waals surface area (Å²) < 4.78 is 5.29. The molecular formula is C14H19NO4. The van der Waals surface area contributed by atoms with Crippen molar-refractivity contribution in [2.24, 2.45) is 0 Å². The summed E-state index contributed by atoms with van der Waals surface area (Å²) in [6.45, 7) is 5.57. The molecule has 0 aliphatic heterocycles. The van der Waals surface area contributed by atoms with E-state index in [1.165, 1.54) is 17.0 Å². The molecule has 0 bridgehead atoms. The standard InChI is InChI=1S/C14H19NO4/c1-14(2,3)19-13(18)15(9-4-10-16)11-5-7-12(17)8-6-11/h5-8,10,17H,4,9H2,1-3H3. The van der Waals surface area contributed by atoms with Gasteiger partial charge in [-0.25, -0.2) is 4.79 Å². The smallest absolute Gasteiger partial charge is 0.414 e. The fourth-order valence-corrected chi connectivity index (χ4v) is 1.46. The van der Waals surface area contributed by atoms with Crippen molar-refractivity contribution < 1.29 is 19.4 Å². The van der Waals surface area contributed by atoms with Gasteiger partial charge in [0, 0.05) is 18.7 Å². The number of amides is 1. The fourth-order valence-electron chi connectivity index (χ4n) is 1.46. The first-order valence-corrected chi connectivity index (χ1v) is 6.06. The van der Waals surface area contributed by atoms with Crippen LogP contribution in [0.15, 0.2) is 24.3 Å². The Morgan fingerprint density at radius 1 is 1.32 bits per heavy atom. The average Bonchev–Trinajstić information content (AvgIpc) is 2.29. The quantitative estimate of drug-likeness (QED) is 0.850. The highest BCUT2D eigenvalue weighted by atomic mass is 16.6. The maximum Gasteiger partial charge on any atom is 0.414 e. The van der Waals surface area contributed by atoms with E-state index in [9.17, 15) is 14.7 Å². The van der Waals surface area contributed by atoms with Crippen LogP contribution in [0.3, 0.4) is 0 Å². The Bertz CT molecular complexity index is 434. The predicted octanol–water partition coefficient (Wildman–Crippen LogP) is 2.72. The zero-order valence-electron chi connectivity index (χ0n) is 11.4. The number of carbonyl (C=O) groups excluding carboxylic acids is 2. The van der Waals surface area contributed by atoms with E-state index in [0.717, 1.165) is 6.29 Å². The first kappa shape index (κ1) is 15.0. The highest BCUT2D eigenvalue weighted by molar-refractivity contribution is 5.88. The van der Waals surface area contributed by atoms with E-state index in [0.29, 0.717) is 5.69 Å². The minimum Gasteiger partial charge on any atom is -0.508 e. The molecule has 5 heteroatoms. The van der Waals surface area contributed by atoms with Crippen molar-refractivity contribution in [1.29, 1.82) is 0 Å². The molecule has 0 fully saturated rings. The number of phenolic OH excluding ortho intramolecular Hbond substituents is 1. The van der Waals surface area contributed by atoms with Gasteiger partial charge in [0.15, 0.2) is 0 Å². The minimum atomic E-state index is -0.604. The molecule has 0 radical (unpaired) electrons. The number of aldehydes is 1. The Morgan fingerprint density at radius 2 is 1.89 bits per heavy atom. The average molecular weight is 265 g/mol. The van der Waals surface area contributed by atoms with Crippen LogP contribution in [0.2, 0.25) is 0 Å². The summed E-state index contributed by atoms with van der Waals surface area (Å²) in [5, 5.41) is 9.25. The normalized spacial score (nSPS) is 10.9. The summed E-state index contributed by atoms with van der Waals surface area (Å²) in [6, 6.07) is 6.16. The van der Waals surface area contributed by atoms with E-state index in [2.05, 4.69) is 0 Å². The largest absolute Gasteiger partial charge is 0.508 e. The van der Waals surface area contributed by atoms with Crippen LogP contribution in [0.5, 0.6) is 5.75 Å². The van der Waals surface area contributed by atoms with Gasteiger partial charge in [-0.2, -0.15) is 0 Å². The second kappa shape index (κ2) is 6.22. The number of phenols is 1. The van der Waals surface area contributed by atoms with Crippen molar-refractivity contribution in [3.8, 4) is 5.75 Å². The van der Waals surface area contributed by atoms with Crippen molar-refractivity contribution in [2.45, 2.75) is 32.8 Å². The van der Waals surface area contributed by atoms with Crippen molar-refractivity contribution in [1.82, 2.24) is 0 Å². The second-order valence-electron chi connectivity index (χ2n) is 5.10. The number of aromatic hydroxyl groups is 1. The van der Waals surface area contributed by atoms with Gasteiger partial charge < -0.3 is 14.6 Å². The molecule has 1 N–H and O–H groups in total. The summed E-state index contributed by atoms with van der Waals surface area (Å²) >= 11 is 0. The highest BCUT2D eigenvalue weighted by Gasteiger charge is 2.23. The molecule has 1 aromatic carbocycles. The maximum atomic E-state index is 12.1. The van der Waals surface area contributed by atoms with Crippen LogP contribution in [-0.2, 0) is 9.53 Å². The molecule has 0 aliphatic carbocycles. The Hall–Kier alpha value is -2.04.